The first-order valence-electron chi connectivity index (χ1n) is 19.5. The van der Waals surface area contributed by atoms with Gasteiger partial charge in [-0.2, -0.15) is 0 Å². The standard InChI is InChI=1S/C54H34N4/c1-3-15-37(16-4-1)48-34-49(39-17-5-2-6-18-39)55-50-33-47(45-21-11-12-22-46(45)51(48)50)38-25-27-40(28-26-38)52-56-53(43-29-23-35-13-7-9-19-41(35)31-43)58-54(57-52)44-30-24-36-14-8-10-20-42(36)32-44/h1-34H. The second-order valence-corrected chi connectivity index (χ2v) is 14.7. The van der Waals surface area contributed by atoms with Gasteiger partial charge in [0.05, 0.1) is 11.2 Å². The molecule has 11 rings (SSSR count). The Kier molecular flexibility index (Phi) is 8.11. The molecule has 0 aliphatic rings. The first-order valence-corrected chi connectivity index (χ1v) is 19.5. The molecular formula is C54H34N4. The summed E-state index contributed by atoms with van der Waals surface area (Å²) in [6, 6.07) is 72.4. The molecule has 0 saturated carbocycles. The van der Waals surface area contributed by atoms with Gasteiger partial charge in [0.25, 0.3) is 0 Å². The molecule has 0 radical (unpaired) electrons. The van der Waals surface area contributed by atoms with Gasteiger partial charge in [-0.25, -0.2) is 19.9 Å². The molecule has 11 aromatic rings. The molecule has 270 valence electrons. The molecule has 0 aliphatic carbocycles. The van der Waals surface area contributed by atoms with E-state index in [1.165, 1.54) is 27.1 Å². The van der Waals surface area contributed by atoms with Crippen LogP contribution in [0.2, 0.25) is 0 Å². The summed E-state index contributed by atoms with van der Waals surface area (Å²) < 4.78 is 0. The molecule has 0 bridgehead atoms. The Morgan fingerprint density at radius 2 is 0.707 bits per heavy atom. The van der Waals surface area contributed by atoms with Crippen LogP contribution in [-0.4, -0.2) is 19.9 Å². The third kappa shape index (κ3) is 6.05. The van der Waals surface area contributed by atoms with E-state index in [1.807, 2.05) is 6.07 Å². The Hall–Kier alpha value is -7.82. The lowest BCUT2D eigenvalue weighted by Gasteiger charge is -2.16. The number of pyridine rings is 1. The van der Waals surface area contributed by atoms with Gasteiger partial charge in [-0.15, -0.1) is 0 Å². The highest BCUT2D eigenvalue weighted by atomic mass is 15.0. The van der Waals surface area contributed by atoms with E-state index in [9.17, 15) is 0 Å². The fourth-order valence-corrected chi connectivity index (χ4v) is 8.16. The third-order valence-corrected chi connectivity index (χ3v) is 11.1. The Morgan fingerprint density at radius 1 is 0.259 bits per heavy atom. The van der Waals surface area contributed by atoms with E-state index in [0.29, 0.717) is 17.5 Å². The minimum atomic E-state index is 0.623. The van der Waals surface area contributed by atoms with Crippen LogP contribution < -0.4 is 0 Å². The fraction of sp³-hybridized carbons (Fsp3) is 0. The van der Waals surface area contributed by atoms with Crippen molar-refractivity contribution in [2.45, 2.75) is 0 Å². The van der Waals surface area contributed by atoms with Gasteiger partial charge in [-0.1, -0.05) is 182 Å². The molecule has 2 aromatic heterocycles. The summed E-state index contributed by atoms with van der Waals surface area (Å²) in [6.45, 7) is 0. The van der Waals surface area contributed by atoms with Gasteiger partial charge in [-0.05, 0) is 78.8 Å². The second-order valence-electron chi connectivity index (χ2n) is 14.7. The molecule has 4 heteroatoms. The number of hydrogen-bond acceptors (Lipinski definition) is 4. The van der Waals surface area contributed by atoms with Crippen molar-refractivity contribution in [3.63, 3.8) is 0 Å². The molecule has 0 saturated heterocycles. The Morgan fingerprint density at radius 3 is 1.31 bits per heavy atom. The summed E-state index contributed by atoms with van der Waals surface area (Å²) in [6.07, 6.45) is 0. The van der Waals surface area contributed by atoms with Crippen molar-refractivity contribution >= 4 is 43.2 Å². The zero-order valence-electron chi connectivity index (χ0n) is 31.4. The molecule has 0 unspecified atom stereocenters. The highest BCUT2D eigenvalue weighted by Crippen LogP contribution is 2.41. The molecular weight excluding hydrogens is 705 g/mol. The van der Waals surface area contributed by atoms with Crippen LogP contribution in [-0.2, 0) is 0 Å². The minimum Gasteiger partial charge on any atom is -0.248 e. The Balaban J connectivity index is 1.06. The average Bonchev–Trinajstić information content (AvgIpc) is 3.31. The predicted octanol–water partition coefficient (Wildman–Crippen LogP) is 13.9. The lowest BCUT2D eigenvalue weighted by Crippen LogP contribution is -2.00. The van der Waals surface area contributed by atoms with Gasteiger partial charge >= 0.3 is 0 Å². The molecule has 0 amide bonds. The summed E-state index contributed by atoms with van der Waals surface area (Å²) in [4.78, 5) is 20.6. The Bertz CT molecular complexity index is 3220. The monoisotopic (exact) mass is 738 g/mol. The number of nitrogens with zero attached hydrogens (tertiary/aromatic N) is 4. The molecule has 9 aromatic carbocycles. The maximum Gasteiger partial charge on any atom is 0.164 e. The average molecular weight is 739 g/mol. The number of hydrogen-bond donors (Lipinski definition) is 0. The van der Waals surface area contributed by atoms with Crippen LogP contribution in [0.4, 0.5) is 0 Å². The molecule has 0 N–H and O–H groups in total. The van der Waals surface area contributed by atoms with Gasteiger partial charge in [0.15, 0.2) is 17.5 Å². The van der Waals surface area contributed by atoms with Crippen LogP contribution in [0, 0.1) is 0 Å². The van der Waals surface area contributed by atoms with Crippen molar-refractivity contribution in [2.24, 2.45) is 0 Å². The summed E-state index contributed by atoms with van der Waals surface area (Å²) in [5.74, 6) is 1.90. The van der Waals surface area contributed by atoms with E-state index in [1.54, 1.807) is 0 Å². The number of aromatic nitrogens is 4. The zero-order valence-corrected chi connectivity index (χ0v) is 31.4. The van der Waals surface area contributed by atoms with E-state index in [2.05, 4.69) is 200 Å². The van der Waals surface area contributed by atoms with E-state index in [4.69, 9.17) is 19.9 Å². The molecule has 0 fully saturated rings. The lowest BCUT2D eigenvalue weighted by molar-refractivity contribution is 1.08. The highest BCUT2D eigenvalue weighted by molar-refractivity contribution is 6.18. The van der Waals surface area contributed by atoms with E-state index in [-0.39, 0.29) is 0 Å². The van der Waals surface area contributed by atoms with E-state index >= 15 is 0 Å². The summed E-state index contributed by atoms with van der Waals surface area (Å²) in [5.41, 5.74) is 10.3. The molecule has 58 heavy (non-hydrogen) atoms. The van der Waals surface area contributed by atoms with Crippen molar-refractivity contribution in [1.82, 2.24) is 19.9 Å². The van der Waals surface area contributed by atoms with Gasteiger partial charge in [0.2, 0.25) is 0 Å². The highest BCUT2D eigenvalue weighted by Gasteiger charge is 2.18. The molecule has 4 nitrogen and oxygen atoms in total. The fourth-order valence-electron chi connectivity index (χ4n) is 8.16. The second kappa shape index (κ2) is 14.0. The van der Waals surface area contributed by atoms with Crippen molar-refractivity contribution in [1.29, 1.82) is 0 Å². The van der Waals surface area contributed by atoms with Crippen LogP contribution in [0.25, 0.3) is 111 Å². The van der Waals surface area contributed by atoms with Crippen molar-refractivity contribution in [2.75, 3.05) is 0 Å². The van der Waals surface area contributed by atoms with Crippen molar-refractivity contribution in [3.8, 4) is 67.7 Å². The number of fused-ring (bicyclic) bond motifs is 5. The summed E-state index contributed by atoms with van der Waals surface area (Å²) in [5, 5.41) is 8.12. The van der Waals surface area contributed by atoms with Crippen molar-refractivity contribution in [3.05, 3.63) is 206 Å². The topological polar surface area (TPSA) is 51.6 Å². The van der Waals surface area contributed by atoms with Crippen LogP contribution in [0.1, 0.15) is 0 Å². The van der Waals surface area contributed by atoms with E-state index < -0.39 is 0 Å². The molecule has 0 aliphatic heterocycles. The van der Waals surface area contributed by atoms with Gasteiger partial charge in [0.1, 0.15) is 0 Å². The molecule has 2 heterocycles. The van der Waals surface area contributed by atoms with Crippen LogP contribution >= 0.6 is 0 Å². The zero-order chi connectivity index (χ0) is 38.4. The molecule has 0 spiro atoms. The van der Waals surface area contributed by atoms with Gasteiger partial charge < -0.3 is 0 Å². The van der Waals surface area contributed by atoms with Crippen LogP contribution in [0.5, 0.6) is 0 Å². The first-order chi connectivity index (χ1) is 28.7. The van der Waals surface area contributed by atoms with Gasteiger partial charge in [-0.3, -0.25) is 0 Å². The maximum absolute atomic E-state index is 5.32. The lowest BCUT2D eigenvalue weighted by atomic mass is 9.90. The largest absolute Gasteiger partial charge is 0.248 e. The minimum absolute atomic E-state index is 0.623. The third-order valence-electron chi connectivity index (χ3n) is 11.1. The smallest absolute Gasteiger partial charge is 0.164 e. The summed E-state index contributed by atoms with van der Waals surface area (Å²) >= 11 is 0. The van der Waals surface area contributed by atoms with Crippen molar-refractivity contribution < 1.29 is 0 Å². The number of benzene rings is 9. The summed E-state index contributed by atoms with van der Waals surface area (Å²) in [7, 11) is 0. The van der Waals surface area contributed by atoms with Crippen LogP contribution in [0.3, 0.4) is 0 Å². The SMILES string of the molecule is c1ccc(-c2cc(-c3ccccc3)c3c(cc(-c4ccc(-c5nc(-c6ccc7ccccc7c6)nc(-c6ccc7ccccc7c6)n5)cc4)c4ccccc43)n2)cc1. The number of rotatable bonds is 6. The Labute approximate surface area is 335 Å². The quantitative estimate of drug-likeness (QED) is 0.159. The van der Waals surface area contributed by atoms with E-state index in [0.717, 1.165) is 66.3 Å². The maximum atomic E-state index is 5.32. The predicted molar refractivity (Wildman–Crippen MR) is 240 cm³/mol. The van der Waals surface area contributed by atoms with Gasteiger partial charge in [0, 0.05) is 27.6 Å². The first kappa shape index (κ1) is 33.5. The normalized spacial score (nSPS) is 11.4. The molecule has 0 atom stereocenters. The van der Waals surface area contributed by atoms with Crippen LogP contribution in [0.15, 0.2) is 206 Å².